The van der Waals surface area contributed by atoms with Gasteiger partial charge in [0.05, 0.1) is 6.26 Å². The first-order valence-corrected chi connectivity index (χ1v) is 8.74. The Bertz CT molecular complexity index is 414. The largest absolute Gasteiger partial charge is 0.370 e. The van der Waals surface area contributed by atoms with E-state index in [0.29, 0.717) is 18.5 Å². The molecule has 0 amide bonds. The van der Waals surface area contributed by atoms with E-state index in [9.17, 15) is 8.42 Å². The molecular formula is C12H27IN4O2S. The summed E-state index contributed by atoms with van der Waals surface area (Å²) in [6.07, 6.45) is 5.09. The molecule has 1 aliphatic rings. The molecule has 0 aromatic carbocycles. The van der Waals surface area contributed by atoms with Crippen molar-refractivity contribution in [2.75, 3.05) is 12.8 Å². The fourth-order valence-electron chi connectivity index (χ4n) is 2.30. The van der Waals surface area contributed by atoms with Crippen molar-refractivity contribution in [1.82, 2.24) is 10.0 Å². The van der Waals surface area contributed by atoms with Crippen molar-refractivity contribution < 1.29 is 8.42 Å². The Morgan fingerprint density at radius 2 is 2.10 bits per heavy atom. The van der Waals surface area contributed by atoms with Gasteiger partial charge in [-0.1, -0.05) is 13.3 Å². The Balaban J connectivity index is 0.00000361. The molecule has 20 heavy (non-hydrogen) atoms. The highest BCUT2D eigenvalue weighted by molar-refractivity contribution is 14.0. The second kappa shape index (κ2) is 9.04. The van der Waals surface area contributed by atoms with Crippen LogP contribution in [-0.4, -0.2) is 39.3 Å². The topological polar surface area (TPSA) is 96.6 Å². The molecule has 8 heteroatoms. The predicted molar refractivity (Wildman–Crippen MR) is 93.9 cm³/mol. The Hall–Kier alpha value is -0.0900. The van der Waals surface area contributed by atoms with Crippen molar-refractivity contribution in [1.29, 1.82) is 0 Å². The summed E-state index contributed by atoms with van der Waals surface area (Å²) in [5.41, 5.74) is 5.80. The monoisotopic (exact) mass is 418 g/mol. The van der Waals surface area contributed by atoms with Crippen molar-refractivity contribution >= 4 is 40.0 Å². The van der Waals surface area contributed by atoms with Gasteiger partial charge in [-0.15, -0.1) is 24.0 Å². The molecule has 1 aliphatic carbocycles. The molecule has 0 aromatic rings. The number of hydrogen-bond donors (Lipinski definition) is 3. The van der Waals surface area contributed by atoms with E-state index >= 15 is 0 Å². The Morgan fingerprint density at radius 3 is 2.65 bits per heavy atom. The molecule has 1 fully saturated rings. The van der Waals surface area contributed by atoms with Crippen LogP contribution in [0.1, 0.15) is 39.5 Å². The predicted octanol–water partition coefficient (Wildman–Crippen LogP) is 1.03. The first kappa shape index (κ1) is 19.9. The average molecular weight is 418 g/mol. The zero-order valence-electron chi connectivity index (χ0n) is 12.4. The third-order valence-corrected chi connectivity index (χ3v) is 4.26. The summed E-state index contributed by atoms with van der Waals surface area (Å²) < 4.78 is 25.2. The van der Waals surface area contributed by atoms with Crippen molar-refractivity contribution in [3.8, 4) is 0 Å². The van der Waals surface area contributed by atoms with Crippen LogP contribution in [-0.2, 0) is 10.0 Å². The summed E-state index contributed by atoms with van der Waals surface area (Å²) in [6, 6.07) is 0.299. The summed E-state index contributed by atoms with van der Waals surface area (Å²) in [6.45, 7) is 4.70. The highest BCUT2D eigenvalue weighted by Gasteiger charge is 2.29. The molecule has 3 unspecified atom stereocenters. The average Bonchev–Trinajstić information content (AvgIpc) is 2.71. The van der Waals surface area contributed by atoms with Gasteiger partial charge < -0.3 is 11.1 Å². The van der Waals surface area contributed by atoms with Crippen LogP contribution in [0.2, 0.25) is 0 Å². The second-order valence-electron chi connectivity index (χ2n) is 5.37. The molecule has 6 nitrogen and oxygen atoms in total. The third-order valence-electron chi connectivity index (χ3n) is 3.53. The first-order valence-electron chi connectivity index (χ1n) is 6.85. The van der Waals surface area contributed by atoms with Crippen molar-refractivity contribution in [2.45, 2.75) is 51.6 Å². The van der Waals surface area contributed by atoms with Gasteiger partial charge in [0.1, 0.15) is 0 Å². The molecule has 0 bridgehead atoms. The molecular weight excluding hydrogens is 391 g/mol. The fraction of sp³-hybridized carbons (Fsp3) is 0.917. The van der Waals surface area contributed by atoms with Gasteiger partial charge in [-0.3, -0.25) is 4.99 Å². The number of hydrogen-bond acceptors (Lipinski definition) is 3. The van der Waals surface area contributed by atoms with Gasteiger partial charge in [0, 0.05) is 18.6 Å². The highest BCUT2D eigenvalue weighted by Crippen LogP contribution is 2.26. The molecule has 0 aliphatic heterocycles. The Labute approximate surface area is 139 Å². The summed E-state index contributed by atoms with van der Waals surface area (Å²) in [5, 5.41) is 3.11. The second-order valence-corrected chi connectivity index (χ2v) is 7.15. The fourth-order valence-corrected chi connectivity index (χ4v) is 3.16. The van der Waals surface area contributed by atoms with E-state index < -0.39 is 10.0 Å². The Morgan fingerprint density at radius 1 is 1.45 bits per heavy atom. The lowest BCUT2D eigenvalue weighted by molar-refractivity contribution is 0.454. The molecule has 1 saturated carbocycles. The summed E-state index contributed by atoms with van der Waals surface area (Å²) >= 11 is 0. The lowest BCUT2D eigenvalue weighted by atomic mass is 10.1. The minimum Gasteiger partial charge on any atom is -0.370 e. The van der Waals surface area contributed by atoms with Crippen LogP contribution in [0.4, 0.5) is 0 Å². The zero-order valence-corrected chi connectivity index (χ0v) is 15.6. The number of nitrogens with zero attached hydrogens (tertiary/aromatic N) is 1. The van der Waals surface area contributed by atoms with Crippen LogP contribution in [0, 0.1) is 5.92 Å². The van der Waals surface area contributed by atoms with E-state index in [0.717, 1.165) is 25.7 Å². The van der Waals surface area contributed by atoms with E-state index in [1.165, 1.54) is 6.26 Å². The SMILES string of the molecule is CCC(C)NC(N)=NCC1CCCC1NS(C)(=O)=O.I. The van der Waals surface area contributed by atoms with Gasteiger partial charge in [-0.2, -0.15) is 0 Å². The zero-order chi connectivity index (χ0) is 14.5. The number of halogens is 1. The lowest BCUT2D eigenvalue weighted by Crippen LogP contribution is -2.40. The molecule has 0 radical (unpaired) electrons. The van der Waals surface area contributed by atoms with Gasteiger partial charge in [-0.05, 0) is 32.1 Å². The molecule has 3 atom stereocenters. The molecule has 0 heterocycles. The maximum atomic E-state index is 11.3. The number of sulfonamides is 1. The van der Waals surface area contributed by atoms with Gasteiger partial charge in [0.2, 0.25) is 10.0 Å². The van der Waals surface area contributed by atoms with Gasteiger partial charge >= 0.3 is 0 Å². The van der Waals surface area contributed by atoms with Crippen LogP contribution in [0.15, 0.2) is 4.99 Å². The van der Waals surface area contributed by atoms with Crippen LogP contribution in [0.3, 0.4) is 0 Å². The smallest absolute Gasteiger partial charge is 0.208 e. The van der Waals surface area contributed by atoms with Gasteiger partial charge in [0.25, 0.3) is 0 Å². The maximum Gasteiger partial charge on any atom is 0.208 e. The van der Waals surface area contributed by atoms with E-state index in [1.807, 2.05) is 6.92 Å². The molecule has 0 aromatic heterocycles. The standard InChI is InChI=1S/C12H26N4O2S.HI/c1-4-9(2)15-12(13)14-8-10-6-5-7-11(10)16-19(3,17)18;/h9-11,16H,4-8H2,1-3H3,(H3,13,14,15);1H. The number of rotatable bonds is 6. The quantitative estimate of drug-likeness (QED) is 0.341. The van der Waals surface area contributed by atoms with Gasteiger partial charge in [0.15, 0.2) is 5.96 Å². The summed E-state index contributed by atoms with van der Waals surface area (Å²) in [4.78, 5) is 4.32. The van der Waals surface area contributed by atoms with Crippen molar-refractivity contribution in [3.05, 3.63) is 0 Å². The first-order chi connectivity index (χ1) is 8.81. The normalized spacial score (nSPS) is 25.1. The van der Waals surface area contributed by atoms with E-state index in [2.05, 4.69) is 22.0 Å². The van der Waals surface area contributed by atoms with Crippen LogP contribution < -0.4 is 15.8 Å². The number of nitrogens with two attached hydrogens (primary N) is 1. The summed E-state index contributed by atoms with van der Waals surface area (Å²) in [5.74, 6) is 0.686. The number of guanidine groups is 1. The molecule has 0 spiro atoms. The minimum atomic E-state index is -3.15. The van der Waals surface area contributed by atoms with Crippen LogP contribution >= 0.6 is 24.0 Å². The number of nitrogens with one attached hydrogen (secondary N) is 2. The van der Waals surface area contributed by atoms with Gasteiger partial charge in [-0.25, -0.2) is 13.1 Å². The van der Waals surface area contributed by atoms with E-state index in [1.54, 1.807) is 0 Å². The van der Waals surface area contributed by atoms with Crippen LogP contribution in [0.5, 0.6) is 0 Å². The van der Waals surface area contributed by atoms with E-state index in [-0.39, 0.29) is 35.9 Å². The van der Waals surface area contributed by atoms with Crippen molar-refractivity contribution in [2.24, 2.45) is 16.6 Å². The van der Waals surface area contributed by atoms with Crippen LogP contribution in [0.25, 0.3) is 0 Å². The molecule has 1 rings (SSSR count). The molecule has 4 N–H and O–H groups in total. The van der Waals surface area contributed by atoms with E-state index in [4.69, 9.17) is 5.73 Å². The highest BCUT2D eigenvalue weighted by atomic mass is 127. The maximum absolute atomic E-state index is 11.3. The molecule has 120 valence electrons. The summed E-state index contributed by atoms with van der Waals surface area (Å²) in [7, 11) is -3.15. The minimum absolute atomic E-state index is 0. The number of aliphatic imine (C=N–C) groups is 1. The van der Waals surface area contributed by atoms with Crippen molar-refractivity contribution in [3.63, 3.8) is 0 Å². The molecule has 0 saturated heterocycles. The lowest BCUT2D eigenvalue weighted by Gasteiger charge is -2.19. The Kier molecular flexibility index (Phi) is 8.99. The third kappa shape index (κ3) is 7.63.